The van der Waals surface area contributed by atoms with Crippen LogP contribution in [0.25, 0.3) is 0 Å². The molecule has 0 aromatic heterocycles. The fourth-order valence-electron chi connectivity index (χ4n) is 2.35. The number of halogens is 2. The van der Waals surface area contributed by atoms with Crippen molar-refractivity contribution in [1.82, 2.24) is 10.2 Å². The van der Waals surface area contributed by atoms with Crippen LogP contribution in [0.15, 0.2) is 22.7 Å². The van der Waals surface area contributed by atoms with Gasteiger partial charge in [0.15, 0.2) is 0 Å². The Balaban J connectivity index is 2.26. The molecule has 1 amide bonds. The summed E-state index contributed by atoms with van der Waals surface area (Å²) >= 11 is 3.24. The maximum Gasteiger partial charge on any atom is 0.258 e. The largest absolute Gasteiger partial charge is 0.335 e. The minimum atomic E-state index is -0.479. The Labute approximate surface area is 114 Å². The smallest absolute Gasteiger partial charge is 0.258 e. The first kappa shape index (κ1) is 13.5. The minimum Gasteiger partial charge on any atom is -0.335 e. The van der Waals surface area contributed by atoms with Crippen molar-refractivity contribution in [1.29, 1.82) is 0 Å². The van der Waals surface area contributed by atoms with E-state index in [0.29, 0.717) is 17.6 Å². The van der Waals surface area contributed by atoms with Crippen molar-refractivity contribution in [3.63, 3.8) is 0 Å². The molecule has 1 N–H and O–H groups in total. The van der Waals surface area contributed by atoms with Crippen LogP contribution in [0.4, 0.5) is 4.39 Å². The number of piperazine rings is 1. The zero-order valence-electron chi connectivity index (χ0n) is 10.4. The molecule has 1 aromatic rings. The number of nitrogens with zero attached hydrogens (tertiary/aromatic N) is 1. The second-order valence-corrected chi connectivity index (χ2v) is 5.63. The summed E-state index contributed by atoms with van der Waals surface area (Å²) < 4.78 is 14.3. The molecule has 0 saturated carbocycles. The van der Waals surface area contributed by atoms with Crippen LogP contribution >= 0.6 is 15.9 Å². The van der Waals surface area contributed by atoms with Gasteiger partial charge in [0.1, 0.15) is 5.82 Å². The summed E-state index contributed by atoms with van der Waals surface area (Å²) in [4.78, 5) is 14.1. The van der Waals surface area contributed by atoms with E-state index < -0.39 is 5.82 Å². The highest BCUT2D eigenvalue weighted by atomic mass is 79.9. The molecular formula is C13H16BrFN2O. The summed E-state index contributed by atoms with van der Waals surface area (Å²) in [5.41, 5.74) is 0.124. The first-order valence-corrected chi connectivity index (χ1v) is 6.77. The predicted octanol–water partition coefficient (Wildman–Crippen LogP) is 2.41. The number of nitrogens with one attached hydrogen (secondary N) is 1. The molecule has 0 aliphatic carbocycles. The summed E-state index contributed by atoms with van der Waals surface area (Å²) in [6.45, 7) is 5.24. The lowest BCUT2D eigenvalue weighted by Crippen LogP contribution is -2.56. The topological polar surface area (TPSA) is 32.3 Å². The van der Waals surface area contributed by atoms with Gasteiger partial charge in [-0.2, -0.15) is 0 Å². The number of benzene rings is 1. The van der Waals surface area contributed by atoms with Crippen molar-refractivity contribution >= 4 is 21.8 Å². The molecule has 0 bridgehead atoms. The van der Waals surface area contributed by atoms with Crippen molar-refractivity contribution in [2.75, 3.05) is 13.1 Å². The molecule has 2 rings (SSSR count). The summed E-state index contributed by atoms with van der Waals surface area (Å²) in [5, 5.41) is 3.35. The van der Waals surface area contributed by atoms with Gasteiger partial charge in [0.05, 0.1) is 5.56 Å². The Kier molecular flexibility index (Phi) is 4.02. The molecule has 0 radical (unpaired) electrons. The first-order chi connectivity index (χ1) is 8.49. The molecule has 5 heteroatoms. The van der Waals surface area contributed by atoms with Crippen LogP contribution in [0.3, 0.4) is 0 Å². The number of rotatable bonds is 1. The van der Waals surface area contributed by atoms with E-state index in [2.05, 4.69) is 21.2 Å². The SMILES string of the molecule is C[C@@H]1CN(C(=O)c2c(F)cccc2Br)C[C@@H](C)N1. The number of carbonyl (C=O) groups is 1. The highest BCUT2D eigenvalue weighted by Gasteiger charge is 2.28. The van der Waals surface area contributed by atoms with Gasteiger partial charge in [0, 0.05) is 29.6 Å². The van der Waals surface area contributed by atoms with Crippen LogP contribution in [-0.2, 0) is 0 Å². The summed E-state index contributed by atoms with van der Waals surface area (Å²) in [6, 6.07) is 5.03. The maximum absolute atomic E-state index is 13.8. The zero-order valence-corrected chi connectivity index (χ0v) is 12.0. The van der Waals surface area contributed by atoms with Gasteiger partial charge in [-0.3, -0.25) is 4.79 Å². The lowest BCUT2D eigenvalue weighted by Gasteiger charge is -2.36. The van der Waals surface area contributed by atoms with E-state index >= 15 is 0 Å². The maximum atomic E-state index is 13.8. The van der Waals surface area contributed by atoms with Crippen molar-refractivity contribution in [2.45, 2.75) is 25.9 Å². The lowest BCUT2D eigenvalue weighted by atomic mass is 10.1. The monoisotopic (exact) mass is 314 g/mol. The Hall–Kier alpha value is -0.940. The van der Waals surface area contributed by atoms with E-state index in [1.165, 1.54) is 6.07 Å². The normalized spacial score (nSPS) is 24.1. The van der Waals surface area contributed by atoms with Crippen LogP contribution < -0.4 is 5.32 Å². The number of carbonyl (C=O) groups excluding carboxylic acids is 1. The second-order valence-electron chi connectivity index (χ2n) is 4.78. The fourth-order valence-corrected chi connectivity index (χ4v) is 2.86. The Morgan fingerprint density at radius 1 is 1.39 bits per heavy atom. The zero-order chi connectivity index (χ0) is 13.3. The van der Waals surface area contributed by atoms with Gasteiger partial charge in [-0.25, -0.2) is 4.39 Å². The van der Waals surface area contributed by atoms with E-state index in [-0.39, 0.29) is 23.6 Å². The van der Waals surface area contributed by atoms with Crippen molar-refractivity contribution < 1.29 is 9.18 Å². The van der Waals surface area contributed by atoms with Gasteiger partial charge >= 0.3 is 0 Å². The molecule has 1 aliphatic rings. The van der Waals surface area contributed by atoms with Gasteiger partial charge in [-0.15, -0.1) is 0 Å². The van der Waals surface area contributed by atoms with E-state index in [4.69, 9.17) is 0 Å². The molecule has 98 valence electrons. The Morgan fingerprint density at radius 3 is 2.56 bits per heavy atom. The molecule has 2 atom stereocenters. The Morgan fingerprint density at radius 2 is 2.00 bits per heavy atom. The minimum absolute atomic E-state index is 0.124. The summed E-state index contributed by atoms with van der Waals surface area (Å²) in [6.07, 6.45) is 0. The molecular weight excluding hydrogens is 299 g/mol. The van der Waals surface area contributed by atoms with Gasteiger partial charge in [0.25, 0.3) is 5.91 Å². The van der Waals surface area contributed by atoms with Gasteiger partial charge in [-0.1, -0.05) is 6.07 Å². The first-order valence-electron chi connectivity index (χ1n) is 5.98. The van der Waals surface area contributed by atoms with Crippen LogP contribution in [-0.4, -0.2) is 36.0 Å². The van der Waals surface area contributed by atoms with Crippen LogP contribution in [0.1, 0.15) is 24.2 Å². The highest BCUT2D eigenvalue weighted by Crippen LogP contribution is 2.22. The predicted molar refractivity (Wildman–Crippen MR) is 72.1 cm³/mol. The van der Waals surface area contributed by atoms with Crippen LogP contribution in [0.2, 0.25) is 0 Å². The highest BCUT2D eigenvalue weighted by molar-refractivity contribution is 9.10. The quantitative estimate of drug-likeness (QED) is 0.863. The molecule has 3 nitrogen and oxygen atoms in total. The molecule has 1 aromatic carbocycles. The van der Waals surface area contributed by atoms with E-state index in [0.717, 1.165) is 0 Å². The number of amides is 1. The summed E-state index contributed by atoms with van der Waals surface area (Å²) in [7, 11) is 0. The van der Waals surface area contributed by atoms with Gasteiger partial charge in [0.2, 0.25) is 0 Å². The second kappa shape index (κ2) is 5.36. The number of hydrogen-bond donors (Lipinski definition) is 1. The molecule has 1 heterocycles. The van der Waals surface area contributed by atoms with Crippen molar-refractivity contribution in [3.8, 4) is 0 Å². The number of hydrogen-bond acceptors (Lipinski definition) is 2. The summed E-state index contributed by atoms with van der Waals surface area (Å²) in [5.74, 6) is -0.728. The third-order valence-electron chi connectivity index (χ3n) is 3.02. The molecule has 1 aliphatic heterocycles. The van der Waals surface area contributed by atoms with E-state index in [1.807, 2.05) is 13.8 Å². The fraction of sp³-hybridized carbons (Fsp3) is 0.462. The lowest BCUT2D eigenvalue weighted by molar-refractivity contribution is 0.0668. The molecule has 18 heavy (non-hydrogen) atoms. The molecule has 1 fully saturated rings. The van der Waals surface area contributed by atoms with E-state index in [9.17, 15) is 9.18 Å². The van der Waals surface area contributed by atoms with Crippen molar-refractivity contribution in [3.05, 3.63) is 34.1 Å². The van der Waals surface area contributed by atoms with Crippen LogP contribution in [0, 0.1) is 5.82 Å². The van der Waals surface area contributed by atoms with Gasteiger partial charge < -0.3 is 10.2 Å². The van der Waals surface area contributed by atoms with Crippen molar-refractivity contribution in [2.24, 2.45) is 0 Å². The molecule has 0 unspecified atom stereocenters. The van der Waals surface area contributed by atoms with Gasteiger partial charge in [-0.05, 0) is 41.9 Å². The molecule has 1 saturated heterocycles. The molecule has 0 spiro atoms. The van der Waals surface area contributed by atoms with E-state index in [1.54, 1.807) is 17.0 Å². The third kappa shape index (κ3) is 2.72. The standard InChI is InChI=1S/C13H16BrFN2O/c1-8-6-17(7-9(2)16-8)13(18)12-10(14)4-3-5-11(12)15/h3-5,8-9,16H,6-7H2,1-2H3/t8-,9-/m1/s1. The average Bonchev–Trinajstić information content (AvgIpc) is 2.27. The van der Waals surface area contributed by atoms with Crippen LogP contribution in [0.5, 0.6) is 0 Å². The Bertz CT molecular complexity index is 436. The average molecular weight is 315 g/mol. The third-order valence-corrected chi connectivity index (χ3v) is 3.68.